The van der Waals surface area contributed by atoms with Gasteiger partial charge in [0, 0.05) is 32.1 Å². The lowest BCUT2D eigenvalue weighted by Gasteiger charge is -2.47. The van der Waals surface area contributed by atoms with Crippen molar-refractivity contribution < 1.29 is 9.59 Å². The summed E-state index contributed by atoms with van der Waals surface area (Å²) >= 11 is 1.59. The molecule has 0 saturated carbocycles. The first-order valence-corrected chi connectivity index (χ1v) is 9.63. The van der Waals surface area contributed by atoms with Gasteiger partial charge in [-0.3, -0.25) is 9.59 Å². The van der Waals surface area contributed by atoms with Gasteiger partial charge in [0.1, 0.15) is 0 Å². The third kappa shape index (κ3) is 4.15. The van der Waals surface area contributed by atoms with Crippen LogP contribution in [0, 0.1) is 5.92 Å². The summed E-state index contributed by atoms with van der Waals surface area (Å²) in [6, 6.07) is 0.376. The van der Waals surface area contributed by atoms with Gasteiger partial charge in [-0.15, -0.1) is 0 Å². The van der Waals surface area contributed by atoms with Crippen LogP contribution in [-0.2, 0) is 9.59 Å². The Morgan fingerprint density at radius 1 is 1.33 bits per heavy atom. The molecule has 0 aromatic carbocycles. The molecule has 2 fully saturated rings. The van der Waals surface area contributed by atoms with Gasteiger partial charge in [-0.25, -0.2) is 0 Å². The fraction of sp³-hybridized carbons (Fsp3) is 0.875. The lowest BCUT2D eigenvalue weighted by Crippen LogP contribution is -2.57. The van der Waals surface area contributed by atoms with Crippen molar-refractivity contribution in [2.45, 2.75) is 51.5 Å². The van der Waals surface area contributed by atoms with E-state index in [-0.39, 0.29) is 5.91 Å². The number of carbonyl (C=O) groups is 2. The van der Waals surface area contributed by atoms with Crippen molar-refractivity contribution in [3.8, 4) is 0 Å². The summed E-state index contributed by atoms with van der Waals surface area (Å²) in [6.07, 6.45) is 8.05. The highest BCUT2D eigenvalue weighted by Gasteiger charge is 2.39. The van der Waals surface area contributed by atoms with Crippen LogP contribution in [0.1, 0.15) is 45.4 Å². The van der Waals surface area contributed by atoms with Crippen molar-refractivity contribution in [1.29, 1.82) is 0 Å². The number of fused-ring (bicyclic) bond motifs is 1. The van der Waals surface area contributed by atoms with Crippen molar-refractivity contribution >= 4 is 23.6 Å². The van der Waals surface area contributed by atoms with E-state index >= 15 is 0 Å². The van der Waals surface area contributed by atoms with Gasteiger partial charge in [0.2, 0.25) is 11.8 Å². The van der Waals surface area contributed by atoms with E-state index in [9.17, 15) is 9.59 Å². The van der Waals surface area contributed by atoms with Crippen LogP contribution in [0.3, 0.4) is 0 Å². The number of carbonyl (C=O) groups excluding carboxylic acids is 2. The lowest BCUT2D eigenvalue weighted by atomic mass is 9.83. The van der Waals surface area contributed by atoms with Crippen LogP contribution in [0.2, 0.25) is 0 Å². The fourth-order valence-corrected chi connectivity index (χ4v) is 4.04. The average Bonchev–Trinajstić information content (AvgIpc) is 2.49. The topological polar surface area (TPSA) is 40.6 Å². The number of piperidine rings is 2. The van der Waals surface area contributed by atoms with E-state index in [2.05, 4.69) is 11.8 Å². The molecular formula is C16H28N2O2S. The van der Waals surface area contributed by atoms with Gasteiger partial charge < -0.3 is 9.80 Å². The number of thioether (sulfide) groups is 1. The van der Waals surface area contributed by atoms with E-state index in [1.807, 2.05) is 11.2 Å². The average molecular weight is 312 g/mol. The number of hydrogen-bond donors (Lipinski definition) is 0. The summed E-state index contributed by atoms with van der Waals surface area (Å²) < 4.78 is 0. The minimum atomic E-state index is 0.260. The molecule has 0 aromatic rings. The SMILES string of the molecule is CCCCCN1C(=O)CC[C@H]2CN(C(=O)CSC)CC[C@@H]21. The van der Waals surface area contributed by atoms with Crippen LogP contribution in [0.15, 0.2) is 0 Å². The number of nitrogens with zero attached hydrogens (tertiary/aromatic N) is 2. The molecule has 120 valence electrons. The summed E-state index contributed by atoms with van der Waals surface area (Å²) in [4.78, 5) is 28.4. The lowest BCUT2D eigenvalue weighted by molar-refractivity contribution is -0.143. The molecule has 0 spiro atoms. The highest BCUT2D eigenvalue weighted by atomic mass is 32.2. The third-order valence-corrected chi connectivity index (χ3v) is 5.30. The Hall–Kier alpha value is -0.710. The predicted octanol–water partition coefficient (Wildman–Crippen LogP) is 2.38. The Morgan fingerprint density at radius 3 is 2.86 bits per heavy atom. The predicted molar refractivity (Wildman–Crippen MR) is 87.3 cm³/mol. The Labute approximate surface area is 132 Å². The van der Waals surface area contributed by atoms with E-state index in [0.29, 0.717) is 30.0 Å². The summed E-state index contributed by atoms with van der Waals surface area (Å²) in [5, 5.41) is 0. The van der Waals surface area contributed by atoms with Gasteiger partial charge in [-0.2, -0.15) is 11.8 Å². The Balaban J connectivity index is 1.93. The van der Waals surface area contributed by atoms with Crippen molar-refractivity contribution in [3.63, 3.8) is 0 Å². The highest BCUT2D eigenvalue weighted by Crippen LogP contribution is 2.31. The maximum Gasteiger partial charge on any atom is 0.232 e. The van der Waals surface area contributed by atoms with Crippen LogP contribution in [0.5, 0.6) is 0 Å². The van der Waals surface area contributed by atoms with Crippen LogP contribution in [0.25, 0.3) is 0 Å². The van der Waals surface area contributed by atoms with Crippen LogP contribution >= 0.6 is 11.8 Å². The monoisotopic (exact) mass is 312 g/mol. The van der Waals surface area contributed by atoms with E-state index < -0.39 is 0 Å². The Kier molecular flexibility index (Phi) is 6.40. The van der Waals surface area contributed by atoms with Gasteiger partial charge in [-0.05, 0) is 31.4 Å². The van der Waals surface area contributed by atoms with E-state index in [1.165, 1.54) is 12.8 Å². The summed E-state index contributed by atoms with van der Waals surface area (Å²) in [6.45, 7) is 4.77. The largest absolute Gasteiger partial charge is 0.342 e. The molecule has 0 radical (unpaired) electrons. The molecule has 2 rings (SSSR count). The zero-order chi connectivity index (χ0) is 15.2. The number of amides is 2. The fourth-order valence-electron chi connectivity index (χ4n) is 3.62. The summed E-state index contributed by atoms with van der Waals surface area (Å²) in [7, 11) is 0. The molecule has 4 nitrogen and oxygen atoms in total. The number of hydrogen-bond acceptors (Lipinski definition) is 3. The molecule has 2 atom stereocenters. The molecule has 0 aromatic heterocycles. The van der Waals surface area contributed by atoms with E-state index in [0.717, 1.165) is 38.9 Å². The van der Waals surface area contributed by atoms with Crippen molar-refractivity contribution in [3.05, 3.63) is 0 Å². The van der Waals surface area contributed by atoms with Gasteiger partial charge in [0.05, 0.1) is 5.75 Å². The molecular weight excluding hydrogens is 284 g/mol. The van der Waals surface area contributed by atoms with Crippen LogP contribution < -0.4 is 0 Å². The first-order valence-electron chi connectivity index (χ1n) is 8.23. The molecule has 2 aliphatic heterocycles. The first kappa shape index (κ1) is 16.7. The van der Waals surface area contributed by atoms with Crippen LogP contribution in [-0.4, -0.2) is 59.3 Å². The number of rotatable bonds is 6. The minimum Gasteiger partial charge on any atom is -0.342 e. The van der Waals surface area contributed by atoms with Gasteiger partial charge in [-0.1, -0.05) is 19.8 Å². The molecule has 0 bridgehead atoms. The molecule has 2 aliphatic rings. The second-order valence-corrected chi connectivity index (χ2v) is 7.09. The normalized spacial score (nSPS) is 25.9. The Bertz CT molecular complexity index is 375. The minimum absolute atomic E-state index is 0.260. The van der Waals surface area contributed by atoms with Crippen molar-refractivity contribution in [1.82, 2.24) is 9.80 Å². The van der Waals surface area contributed by atoms with Crippen molar-refractivity contribution in [2.75, 3.05) is 31.6 Å². The number of likely N-dealkylation sites (tertiary alicyclic amines) is 2. The van der Waals surface area contributed by atoms with Gasteiger partial charge in [0.15, 0.2) is 0 Å². The van der Waals surface area contributed by atoms with E-state index in [4.69, 9.17) is 0 Å². The first-order chi connectivity index (χ1) is 10.2. The maximum absolute atomic E-state index is 12.2. The second kappa shape index (κ2) is 8.06. The third-order valence-electron chi connectivity index (χ3n) is 4.77. The standard InChI is InChI=1S/C16H28N2O2S/c1-3-4-5-9-18-14-8-10-17(16(20)12-21-2)11-13(14)6-7-15(18)19/h13-14H,3-12H2,1-2H3/t13-,14-/m0/s1. The maximum atomic E-state index is 12.2. The molecule has 2 amide bonds. The Morgan fingerprint density at radius 2 is 2.14 bits per heavy atom. The second-order valence-electron chi connectivity index (χ2n) is 6.22. The van der Waals surface area contributed by atoms with E-state index in [1.54, 1.807) is 11.8 Å². The molecule has 2 heterocycles. The van der Waals surface area contributed by atoms with Gasteiger partial charge >= 0.3 is 0 Å². The van der Waals surface area contributed by atoms with Crippen LogP contribution in [0.4, 0.5) is 0 Å². The number of unbranched alkanes of at least 4 members (excludes halogenated alkanes) is 2. The molecule has 2 saturated heterocycles. The summed E-state index contributed by atoms with van der Waals surface area (Å²) in [5.41, 5.74) is 0. The summed E-state index contributed by atoms with van der Waals surface area (Å²) in [5.74, 6) is 1.66. The molecule has 5 heteroatoms. The highest BCUT2D eigenvalue weighted by molar-refractivity contribution is 7.99. The zero-order valence-electron chi connectivity index (χ0n) is 13.3. The van der Waals surface area contributed by atoms with Gasteiger partial charge in [0.25, 0.3) is 0 Å². The smallest absolute Gasteiger partial charge is 0.232 e. The molecule has 0 aliphatic carbocycles. The molecule has 0 N–H and O–H groups in total. The molecule has 21 heavy (non-hydrogen) atoms. The molecule has 0 unspecified atom stereocenters. The quantitative estimate of drug-likeness (QED) is 0.707. The zero-order valence-corrected chi connectivity index (χ0v) is 14.2. The van der Waals surface area contributed by atoms with Crippen molar-refractivity contribution in [2.24, 2.45) is 5.92 Å².